The Hall–Kier alpha value is -2.85. The van der Waals surface area contributed by atoms with Gasteiger partial charge in [0.2, 0.25) is 0 Å². The quantitative estimate of drug-likeness (QED) is 0.556. The minimum atomic E-state index is -4.57. The number of hydrogen-bond donors (Lipinski definition) is 2. The lowest BCUT2D eigenvalue weighted by molar-refractivity contribution is -0.137. The van der Waals surface area contributed by atoms with Gasteiger partial charge in [0.25, 0.3) is 5.91 Å². The molecule has 1 heterocycles. The van der Waals surface area contributed by atoms with Gasteiger partial charge in [0.1, 0.15) is 5.75 Å². The summed E-state index contributed by atoms with van der Waals surface area (Å²) in [6.45, 7) is 0. The molecule has 1 amide bonds. The molecule has 2 aromatic rings. The third-order valence-corrected chi connectivity index (χ3v) is 5.08. The van der Waals surface area contributed by atoms with Crippen molar-refractivity contribution in [2.45, 2.75) is 6.18 Å². The molecule has 0 aromatic heterocycles. The molecule has 28 heavy (non-hydrogen) atoms. The number of anilines is 1. The topological polar surface area (TPSA) is 77.8 Å². The number of hydrogen-bond acceptors (Lipinski definition) is 5. The molecule has 2 N–H and O–H groups in total. The average Bonchev–Trinajstić information content (AvgIpc) is 2.89. The van der Waals surface area contributed by atoms with Crippen LogP contribution < -0.4 is 4.90 Å². The molecule has 1 saturated heterocycles. The van der Waals surface area contributed by atoms with Gasteiger partial charge < -0.3 is 10.2 Å². The van der Waals surface area contributed by atoms with Gasteiger partial charge in [-0.05, 0) is 42.0 Å². The molecular formula is C18H10F3NO4S2. The standard InChI is InChI=1S/C18H10F3NO4S2/c19-18(20,21)10-2-1-3-11(7-10)22-15(24)14(28-17(22)27)6-9-4-5-12(23)8-13(9)16(25)26/h1-8,23H,(H,25,26). The van der Waals surface area contributed by atoms with Crippen molar-refractivity contribution >= 4 is 51.9 Å². The fourth-order valence-electron chi connectivity index (χ4n) is 2.51. The van der Waals surface area contributed by atoms with Gasteiger partial charge in [-0.3, -0.25) is 9.69 Å². The van der Waals surface area contributed by atoms with Crippen LogP contribution in [-0.4, -0.2) is 26.4 Å². The highest BCUT2D eigenvalue weighted by atomic mass is 32.2. The van der Waals surface area contributed by atoms with E-state index in [2.05, 4.69) is 0 Å². The summed E-state index contributed by atoms with van der Waals surface area (Å²) in [5.41, 5.74) is -1.04. The van der Waals surface area contributed by atoms with Gasteiger partial charge in [0.15, 0.2) is 4.32 Å². The van der Waals surface area contributed by atoms with Crippen LogP contribution in [-0.2, 0) is 11.0 Å². The number of amides is 1. The van der Waals surface area contributed by atoms with Crippen LogP contribution in [0.1, 0.15) is 21.5 Å². The lowest BCUT2D eigenvalue weighted by Gasteiger charge is -2.16. The number of phenolic OH excluding ortho intramolecular Hbond substituents is 1. The summed E-state index contributed by atoms with van der Waals surface area (Å²) in [5, 5.41) is 18.7. The highest BCUT2D eigenvalue weighted by Gasteiger charge is 2.36. The lowest BCUT2D eigenvalue weighted by atomic mass is 10.1. The molecule has 0 bridgehead atoms. The number of rotatable bonds is 3. The van der Waals surface area contributed by atoms with Gasteiger partial charge >= 0.3 is 12.1 Å². The number of aromatic carboxylic acids is 1. The van der Waals surface area contributed by atoms with Crippen molar-refractivity contribution in [1.82, 2.24) is 0 Å². The summed E-state index contributed by atoms with van der Waals surface area (Å²) in [4.78, 5) is 25.0. The van der Waals surface area contributed by atoms with Crippen molar-refractivity contribution in [3.8, 4) is 5.75 Å². The molecule has 0 aliphatic carbocycles. The van der Waals surface area contributed by atoms with E-state index in [-0.39, 0.29) is 31.8 Å². The van der Waals surface area contributed by atoms with Crippen LogP contribution in [0.15, 0.2) is 47.4 Å². The Balaban J connectivity index is 2.00. The highest BCUT2D eigenvalue weighted by Crippen LogP contribution is 2.38. The Labute approximate surface area is 166 Å². The average molecular weight is 425 g/mol. The predicted molar refractivity (Wildman–Crippen MR) is 102 cm³/mol. The Kier molecular flexibility index (Phi) is 5.18. The minimum Gasteiger partial charge on any atom is -0.508 e. The van der Waals surface area contributed by atoms with Crippen molar-refractivity contribution in [3.05, 3.63) is 64.1 Å². The molecule has 1 aliphatic heterocycles. The second kappa shape index (κ2) is 7.28. The molecule has 144 valence electrons. The maximum absolute atomic E-state index is 12.9. The number of thioether (sulfide) groups is 1. The van der Waals surface area contributed by atoms with Crippen LogP contribution in [0.5, 0.6) is 5.75 Å². The number of carbonyl (C=O) groups is 2. The first-order valence-electron chi connectivity index (χ1n) is 7.59. The highest BCUT2D eigenvalue weighted by molar-refractivity contribution is 8.27. The number of nitrogens with zero attached hydrogens (tertiary/aromatic N) is 1. The SMILES string of the molecule is O=C(O)c1cc(O)ccc1C=C1SC(=S)N(c2cccc(C(F)(F)F)c2)C1=O. The number of halogens is 3. The number of phenols is 1. The van der Waals surface area contributed by atoms with Crippen LogP contribution in [0.2, 0.25) is 0 Å². The van der Waals surface area contributed by atoms with Gasteiger partial charge in [-0.25, -0.2) is 4.79 Å². The molecule has 0 atom stereocenters. The summed E-state index contributed by atoms with van der Waals surface area (Å²) in [7, 11) is 0. The zero-order valence-corrected chi connectivity index (χ0v) is 15.4. The van der Waals surface area contributed by atoms with E-state index in [0.717, 1.165) is 34.9 Å². The zero-order chi connectivity index (χ0) is 20.6. The smallest absolute Gasteiger partial charge is 0.416 e. The number of aromatic hydroxyl groups is 1. The number of thiocarbonyl (C=S) groups is 1. The minimum absolute atomic E-state index is 0.0197. The summed E-state index contributed by atoms with van der Waals surface area (Å²) < 4.78 is 38.8. The predicted octanol–water partition coefficient (Wildman–Crippen LogP) is 4.52. The third-order valence-electron chi connectivity index (χ3n) is 3.78. The van der Waals surface area contributed by atoms with Crippen molar-refractivity contribution in [2.75, 3.05) is 4.90 Å². The summed E-state index contributed by atoms with van der Waals surface area (Å²) in [6, 6.07) is 7.79. The van der Waals surface area contributed by atoms with Crippen LogP contribution in [0.25, 0.3) is 6.08 Å². The first-order valence-corrected chi connectivity index (χ1v) is 8.82. The Morgan fingerprint density at radius 1 is 1.18 bits per heavy atom. The first kappa shape index (κ1) is 19.9. The molecule has 10 heteroatoms. The number of carboxylic acids is 1. The van der Waals surface area contributed by atoms with Gasteiger partial charge in [-0.15, -0.1) is 0 Å². The largest absolute Gasteiger partial charge is 0.508 e. The summed E-state index contributed by atoms with van der Waals surface area (Å²) >= 11 is 5.97. The van der Waals surface area contributed by atoms with E-state index in [0.29, 0.717) is 0 Å². The van der Waals surface area contributed by atoms with Gasteiger partial charge in [-0.2, -0.15) is 13.2 Å². The van der Waals surface area contributed by atoms with E-state index >= 15 is 0 Å². The van der Waals surface area contributed by atoms with Gasteiger partial charge in [0, 0.05) is 0 Å². The first-order chi connectivity index (χ1) is 13.1. The molecule has 0 saturated carbocycles. The number of carboxylic acid groups (broad SMARTS) is 1. The molecule has 1 aliphatic rings. The van der Waals surface area contributed by atoms with E-state index < -0.39 is 23.6 Å². The maximum atomic E-state index is 12.9. The van der Waals surface area contributed by atoms with Crippen molar-refractivity contribution in [2.24, 2.45) is 0 Å². The molecule has 3 rings (SSSR count). The maximum Gasteiger partial charge on any atom is 0.416 e. The monoisotopic (exact) mass is 425 g/mol. The van der Waals surface area contributed by atoms with Crippen molar-refractivity contribution in [3.63, 3.8) is 0 Å². The van der Waals surface area contributed by atoms with Gasteiger partial charge in [0.05, 0.1) is 21.7 Å². The fraction of sp³-hybridized carbons (Fsp3) is 0.0556. The number of alkyl halides is 3. The Bertz CT molecular complexity index is 1030. The normalized spacial score (nSPS) is 16.1. The zero-order valence-electron chi connectivity index (χ0n) is 13.7. The third kappa shape index (κ3) is 3.87. The summed E-state index contributed by atoms with van der Waals surface area (Å²) in [5.74, 6) is -2.24. The van der Waals surface area contributed by atoms with Gasteiger partial charge in [-0.1, -0.05) is 36.1 Å². The molecular weight excluding hydrogens is 415 g/mol. The lowest BCUT2D eigenvalue weighted by Crippen LogP contribution is -2.27. The molecule has 1 fully saturated rings. The molecule has 0 radical (unpaired) electrons. The van der Waals surface area contributed by atoms with Crippen molar-refractivity contribution in [1.29, 1.82) is 0 Å². The van der Waals surface area contributed by atoms with Crippen LogP contribution >= 0.6 is 24.0 Å². The van der Waals surface area contributed by atoms with Crippen molar-refractivity contribution < 1.29 is 33.0 Å². The molecule has 5 nitrogen and oxygen atoms in total. The second-order valence-electron chi connectivity index (χ2n) is 5.64. The van der Waals surface area contributed by atoms with E-state index in [1.54, 1.807) is 0 Å². The van der Waals surface area contributed by atoms with Crippen LogP contribution in [0.4, 0.5) is 18.9 Å². The fourth-order valence-corrected chi connectivity index (χ4v) is 3.80. The van der Waals surface area contributed by atoms with Crippen LogP contribution in [0.3, 0.4) is 0 Å². The van der Waals surface area contributed by atoms with E-state index in [4.69, 9.17) is 12.2 Å². The van der Waals surface area contributed by atoms with E-state index in [1.165, 1.54) is 30.3 Å². The van der Waals surface area contributed by atoms with Crippen LogP contribution in [0, 0.1) is 0 Å². The van der Waals surface area contributed by atoms with E-state index in [1.807, 2.05) is 0 Å². The Morgan fingerprint density at radius 3 is 2.54 bits per heavy atom. The number of benzene rings is 2. The Morgan fingerprint density at radius 2 is 1.89 bits per heavy atom. The molecule has 2 aromatic carbocycles. The summed E-state index contributed by atoms with van der Waals surface area (Å²) in [6.07, 6.45) is -3.30. The molecule has 0 spiro atoms. The van der Waals surface area contributed by atoms with E-state index in [9.17, 15) is 33.0 Å². The number of carbonyl (C=O) groups excluding carboxylic acids is 1. The molecule has 0 unspecified atom stereocenters. The second-order valence-corrected chi connectivity index (χ2v) is 7.32.